The van der Waals surface area contributed by atoms with E-state index < -0.39 is 0 Å². The summed E-state index contributed by atoms with van der Waals surface area (Å²) in [6.45, 7) is 5.25. The molecule has 0 N–H and O–H groups in total. The number of hydrogen-bond acceptors (Lipinski definition) is 4. The van der Waals surface area contributed by atoms with Crippen molar-refractivity contribution in [2.75, 3.05) is 39.3 Å². The van der Waals surface area contributed by atoms with Crippen LogP contribution in [0.25, 0.3) is 0 Å². The smallest absolute Gasteiger partial charge is 0.242 e. The van der Waals surface area contributed by atoms with Crippen LogP contribution in [0.3, 0.4) is 0 Å². The van der Waals surface area contributed by atoms with Crippen molar-refractivity contribution in [1.29, 1.82) is 0 Å². The van der Waals surface area contributed by atoms with Gasteiger partial charge in [-0.15, -0.1) is 11.3 Å². The van der Waals surface area contributed by atoms with Gasteiger partial charge >= 0.3 is 0 Å². The fraction of sp³-hybridized carbons (Fsp3) is 0.667. The van der Waals surface area contributed by atoms with Crippen molar-refractivity contribution in [3.63, 3.8) is 0 Å². The molecule has 2 aliphatic rings. The first kappa shape index (κ1) is 18.9. The van der Waals surface area contributed by atoms with Crippen molar-refractivity contribution in [2.24, 2.45) is 0 Å². The van der Waals surface area contributed by atoms with Gasteiger partial charge in [0.1, 0.15) is 0 Å². The molecule has 0 saturated carbocycles. The predicted octanol–water partition coefficient (Wildman–Crippen LogP) is 2.95. The second-order valence-electron chi connectivity index (χ2n) is 6.84. The molecule has 3 heterocycles. The number of amides is 2. The van der Waals surface area contributed by atoms with Crippen LogP contribution in [0.2, 0.25) is 0 Å². The molecule has 7 heteroatoms. The number of carbonyl (C=O) groups excluding carboxylic acids is 2. The number of nitrogens with zero attached hydrogens (tertiary/aromatic N) is 3. The first-order chi connectivity index (χ1) is 12.1. The van der Waals surface area contributed by atoms with Crippen molar-refractivity contribution in [1.82, 2.24) is 14.7 Å². The van der Waals surface area contributed by atoms with Gasteiger partial charge < -0.3 is 9.80 Å². The fourth-order valence-electron chi connectivity index (χ4n) is 3.46. The molecule has 25 heavy (non-hydrogen) atoms. The maximum Gasteiger partial charge on any atom is 0.242 e. The maximum atomic E-state index is 12.6. The van der Waals surface area contributed by atoms with Gasteiger partial charge in [-0.25, -0.2) is 0 Å². The van der Waals surface area contributed by atoms with E-state index in [2.05, 4.69) is 33.0 Å². The largest absolute Gasteiger partial charge is 0.339 e. The minimum Gasteiger partial charge on any atom is -0.339 e. The standard InChI is InChI=1S/C18H26BrN3O2S/c19-16-7-6-15(25-16)13-20-9-11-21(12-10-20)18(24)14-22-8-4-2-1-3-5-17(22)23/h6-7H,1-5,8-14H2. The molecule has 0 radical (unpaired) electrons. The lowest BCUT2D eigenvalue weighted by Gasteiger charge is -2.36. The molecular weight excluding hydrogens is 402 g/mol. The van der Waals surface area contributed by atoms with Crippen molar-refractivity contribution in [3.05, 3.63) is 20.8 Å². The molecule has 2 amide bonds. The average Bonchev–Trinajstić information content (AvgIpc) is 3.00. The number of piperazine rings is 1. The Hall–Kier alpha value is -0.920. The molecule has 0 unspecified atom stereocenters. The molecule has 5 nitrogen and oxygen atoms in total. The molecule has 138 valence electrons. The highest BCUT2D eigenvalue weighted by atomic mass is 79.9. The molecule has 2 saturated heterocycles. The van der Waals surface area contributed by atoms with Gasteiger partial charge in [0.25, 0.3) is 0 Å². The molecule has 0 bridgehead atoms. The van der Waals surface area contributed by atoms with Crippen molar-refractivity contribution in [2.45, 2.75) is 38.6 Å². The zero-order chi connectivity index (χ0) is 17.6. The summed E-state index contributed by atoms with van der Waals surface area (Å²) in [6, 6.07) is 4.24. The van der Waals surface area contributed by atoms with Gasteiger partial charge in [-0.1, -0.05) is 12.8 Å². The first-order valence-electron chi connectivity index (χ1n) is 9.14. The van der Waals surface area contributed by atoms with Gasteiger partial charge in [-0.2, -0.15) is 0 Å². The third-order valence-electron chi connectivity index (χ3n) is 4.98. The van der Waals surface area contributed by atoms with E-state index in [0.29, 0.717) is 6.42 Å². The summed E-state index contributed by atoms with van der Waals surface area (Å²) in [6.07, 6.45) is 4.87. The lowest BCUT2D eigenvalue weighted by Crippen LogP contribution is -2.51. The Morgan fingerprint density at radius 1 is 1.04 bits per heavy atom. The second kappa shape index (κ2) is 9.14. The third-order valence-corrected chi connectivity index (χ3v) is 6.59. The zero-order valence-corrected chi connectivity index (χ0v) is 17.0. The summed E-state index contributed by atoms with van der Waals surface area (Å²) in [5, 5.41) is 0. The van der Waals surface area contributed by atoms with Crippen LogP contribution < -0.4 is 0 Å². The SMILES string of the molecule is O=C(CN1CCCCCCC1=O)N1CCN(Cc2ccc(Br)s2)CC1. The van der Waals surface area contributed by atoms with E-state index in [4.69, 9.17) is 0 Å². The third kappa shape index (κ3) is 5.53. The highest BCUT2D eigenvalue weighted by molar-refractivity contribution is 9.11. The molecule has 0 aliphatic carbocycles. The lowest BCUT2D eigenvalue weighted by molar-refractivity contribution is -0.142. The molecule has 0 atom stereocenters. The van der Waals surface area contributed by atoms with E-state index in [0.717, 1.165) is 68.7 Å². The molecule has 0 spiro atoms. The quantitative estimate of drug-likeness (QED) is 0.741. The first-order valence-corrected chi connectivity index (χ1v) is 10.7. The minimum absolute atomic E-state index is 0.104. The highest BCUT2D eigenvalue weighted by Gasteiger charge is 2.25. The summed E-state index contributed by atoms with van der Waals surface area (Å²) < 4.78 is 1.16. The number of thiophene rings is 1. The lowest BCUT2D eigenvalue weighted by atomic mass is 10.1. The zero-order valence-electron chi connectivity index (χ0n) is 14.6. The van der Waals surface area contributed by atoms with E-state index in [9.17, 15) is 9.59 Å². The molecule has 3 rings (SSSR count). The van der Waals surface area contributed by atoms with Crippen LogP contribution >= 0.6 is 27.3 Å². The van der Waals surface area contributed by atoms with Crippen LogP contribution in [0.4, 0.5) is 0 Å². The van der Waals surface area contributed by atoms with Crippen molar-refractivity contribution < 1.29 is 9.59 Å². The summed E-state index contributed by atoms with van der Waals surface area (Å²) in [5.41, 5.74) is 0. The number of carbonyl (C=O) groups is 2. The Kier molecular flexibility index (Phi) is 6.90. The van der Waals surface area contributed by atoms with Crippen LogP contribution in [0.15, 0.2) is 15.9 Å². The van der Waals surface area contributed by atoms with Gasteiger partial charge in [-0.05, 0) is 40.9 Å². The fourth-order valence-corrected chi connectivity index (χ4v) is 4.98. The molecule has 2 aliphatic heterocycles. The molecule has 1 aromatic rings. The van der Waals surface area contributed by atoms with Crippen LogP contribution in [0.1, 0.15) is 37.0 Å². The van der Waals surface area contributed by atoms with Crippen molar-refractivity contribution >= 4 is 39.1 Å². The van der Waals surface area contributed by atoms with E-state index in [1.807, 2.05) is 4.90 Å². The monoisotopic (exact) mass is 427 g/mol. The highest BCUT2D eigenvalue weighted by Crippen LogP contribution is 2.23. The van der Waals surface area contributed by atoms with Crippen LogP contribution in [0.5, 0.6) is 0 Å². The normalized spacial score (nSPS) is 20.4. The number of rotatable bonds is 4. The summed E-state index contributed by atoms with van der Waals surface area (Å²) in [5.74, 6) is 0.252. The van der Waals surface area contributed by atoms with E-state index in [1.165, 1.54) is 4.88 Å². The number of likely N-dealkylation sites (tertiary alicyclic amines) is 1. The van der Waals surface area contributed by atoms with Gasteiger partial charge in [0, 0.05) is 50.6 Å². The Balaban J connectivity index is 1.45. The van der Waals surface area contributed by atoms with E-state index >= 15 is 0 Å². The Bertz CT molecular complexity index is 599. The second-order valence-corrected chi connectivity index (χ2v) is 9.39. The Morgan fingerprint density at radius 2 is 1.80 bits per heavy atom. The Labute approximate surface area is 162 Å². The predicted molar refractivity (Wildman–Crippen MR) is 104 cm³/mol. The molecule has 0 aromatic carbocycles. The van der Waals surface area contributed by atoms with E-state index in [1.54, 1.807) is 16.2 Å². The number of halogens is 1. The van der Waals surface area contributed by atoms with Crippen LogP contribution in [-0.2, 0) is 16.1 Å². The summed E-state index contributed by atoms with van der Waals surface area (Å²) in [4.78, 5) is 32.2. The van der Waals surface area contributed by atoms with Gasteiger partial charge in [0.2, 0.25) is 11.8 Å². The van der Waals surface area contributed by atoms with E-state index in [-0.39, 0.29) is 18.4 Å². The minimum atomic E-state index is 0.104. The summed E-state index contributed by atoms with van der Waals surface area (Å²) in [7, 11) is 0. The van der Waals surface area contributed by atoms with Gasteiger partial charge in [0.05, 0.1) is 10.3 Å². The van der Waals surface area contributed by atoms with Crippen LogP contribution in [-0.4, -0.2) is 65.8 Å². The van der Waals surface area contributed by atoms with Crippen molar-refractivity contribution in [3.8, 4) is 0 Å². The molecule has 2 fully saturated rings. The number of hydrogen-bond donors (Lipinski definition) is 0. The topological polar surface area (TPSA) is 43.9 Å². The van der Waals surface area contributed by atoms with Crippen LogP contribution in [0, 0.1) is 0 Å². The summed E-state index contributed by atoms with van der Waals surface area (Å²) >= 11 is 5.27. The average molecular weight is 428 g/mol. The van der Waals surface area contributed by atoms with Gasteiger partial charge in [0.15, 0.2) is 0 Å². The maximum absolute atomic E-state index is 12.6. The van der Waals surface area contributed by atoms with Gasteiger partial charge in [-0.3, -0.25) is 14.5 Å². The Morgan fingerprint density at radius 3 is 2.52 bits per heavy atom. The molecule has 1 aromatic heterocycles. The molecular formula is C18H26BrN3O2S.